The Bertz CT molecular complexity index is 1180. The van der Waals surface area contributed by atoms with Crippen LogP contribution in [0.1, 0.15) is 67.2 Å². The van der Waals surface area contributed by atoms with Gasteiger partial charge in [-0.1, -0.05) is 56.3 Å². The van der Waals surface area contributed by atoms with Gasteiger partial charge in [-0.3, -0.25) is 19.8 Å². The summed E-state index contributed by atoms with van der Waals surface area (Å²) in [7, 11) is 0. The number of amides is 2. The number of carbonyl (C=O) groups excluding carboxylic acids is 2. The van der Waals surface area contributed by atoms with E-state index >= 15 is 0 Å². The zero-order valence-electron chi connectivity index (χ0n) is 25.4. The molecular formula is C32H45N3O7. The van der Waals surface area contributed by atoms with Crippen molar-refractivity contribution < 1.29 is 34.1 Å². The number of hydrogen-bond acceptors (Lipinski definition) is 6. The van der Waals surface area contributed by atoms with Crippen LogP contribution in [0.3, 0.4) is 0 Å². The van der Waals surface area contributed by atoms with Crippen molar-refractivity contribution in [1.82, 2.24) is 10.6 Å². The summed E-state index contributed by atoms with van der Waals surface area (Å²) in [5, 5.41) is 25.4. The van der Waals surface area contributed by atoms with Gasteiger partial charge in [-0.25, -0.2) is 9.59 Å². The third kappa shape index (κ3) is 11.2. The molecule has 3 atom stereocenters. The second kappa shape index (κ2) is 15.9. The molecule has 2 aromatic rings. The van der Waals surface area contributed by atoms with Crippen molar-refractivity contribution in [2.45, 2.75) is 91.0 Å². The van der Waals surface area contributed by atoms with Crippen LogP contribution in [0.5, 0.6) is 0 Å². The lowest BCUT2D eigenvalue weighted by atomic mass is 9.99. The molecule has 0 spiro atoms. The molecule has 0 saturated carbocycles. The van der Waals surface area contributed by atoms with Crippen LogP contribution in [0, 0.1) is 5.92 Å². The zero-order valence-corrected chi connectivity index (χ0v) is 25.4. The van der Waals surface area contributed by atoms with Crippen molar-refractivity contribution in [3.05, 3.63) is 54.6 Å². The molecular weight excluding hydrogens is 538 g/mol. The van der Waals surface area contributed by atoms with Gasteiger partial charge in [0.05, 0.1) is 6.04 Å². The van der Waals surface area contributed by atoms with E-state index in [0.717, 1.165) is 11.1 Å². The first-order chi connectivity index (χ1) is 19.7. The molecule has 0 saturated heterocycles. The lowest BCUT2D eigenvalue weighted by Gasteiger charge is -2.33. The summed E-state index contributed by atoms with van der Waals surface area (Å²) >= 11 is 0. The largest absolute Gasteiger partial charge is 0.480 e. The second-order valence-corrected chi connectivity index (χ2v) is 11.8. The first kappa shape index (κ1) is 34.3. The molecule has 10 nitrogen and oxygen atoms in total. The maximum Gasteiger partial charge on any atom is 0.407 e. The number of rotatable bonds is 15. The molecule has 0 heterocycles. The Morgan fingerprint density at radius 3 is 1.95 bits per heavy atom. The summed E-state index contributed by atoms with van der Waals surface area (Å²) in [4.78, 5) is 51.2. The number of aliphatic carboxylic acids is 2. The molecule has 2 aromatic carbocycles. The lowest BCUT2D eigenvalue weighted by Crippen LogP contribution is -2.56. The maximum atomic E-state index is 13.9. The van der Waals surface area contributed by atoms with Crippen LogP contribution in [0.25, 0.3) is 11.1 Å². The van der Waals surface area contributed by atoms with Crippen LogP contribution < -0.4 is 15.5 Å². The third-order valence-corrected chi connectivity index (χ3v) is 6.53. The first-order valence-electron chi connectivity index (χ1n) is 14.4. The lowest BCUT2D eigenvalue weighted by molar-refractivity contribution is -0.142. The fourth-order valence-electron chi connectivity index (χ4n) is 4.48. The molecule has 0 aliphatic carbocycles. The van der Waals surface area contributed by atoms with E-state index in [4.69, 9.17) is 4.74 Å². The summed E-state index contributed by atoms with van der Waals surface area (Å²) in [6, 6.07) is 13.6. The summed E-state index contributed by atoms with van der Waals surface area (Å²) in [5.41, 5.74) is 1.69. The van der Waals surface area contributed by atoms with E-state index < -0.39 is 47.7 Å². The van der Waals surface area contributed by atoms with E-state index in [1.54, 1.807) is 32.9 Å². The minimum absolute atomic E-state index is 0.0290. The van der Waals surface area contributed by atoms with Gasteiger partial charge < -0.3 is 20.3 Å². The number of nitrogens with one attached hydrogen (secondary N) is 2. The predicted octanol–water partition coefficient (Wildman–Crippen LogP) is 5.31. The van der Waals surface area contributed by atoms with Crippen LogP contribution in [-0.4, -0.2) is 64.4 Å². The van der Waals surface area contributed by atoms with Crippen molar-refractivity contribution in [3.63, 3.8) is 0 Å². The zero-order chi connectivity index (χ0) is 31.4. The highest BCUT2D eigenvalue weighted by atomic mass is 16.6. The van der Waals surface area contributed by atoms with E-state index in [1.807, 2.05) is 56.3 Å². The SMILES string of the molecule is CC(C)C[C@H](N[C@@H](CCCCNC(=O)OC(C)(C)C)C(=O)O)C(=O)N(c1ccc(-c2ccccc2)cc1)[C@@H](C)C(=O)O. The molecule has 4 N–H and O–H groups in total. The predicted molar refractivity (Wildman–Crippen MR) is 162 cm³/mol. The number of anilines is 1. The van der Waals surface area contributed by atoms with Crippen molar-refractivity contribution in [2.75, 3.05) is 11.4 Å². The minimum Gasteiger partial charge on any atom is -0.480 e. The molecule has 0 aromatic heterocycles. The summed E-state index contributed by atoms with van der Waals surface area (Å²) in [6.45, 7) is 10.9. The number of carboxylic acids is 2. The van der Waals surface area contributed by atoms with Crippen LogP contribution in [0.2, 0.25) is 0 Å². The van der Waals surface area contributed by atoms with Crippen LogP contribution in [0.4, 0.5) is 10.5 Å². The van der Waals surface area contributed by atoms with Gasteiger partial charge in [0.15, 0.2) is 0 Å². The molecule has 2 amide bonds. The molecule has 10 heteroatoms. The maximum absolute atomic E-state index is 13.9. The molecule has 2 rings (SSSR count). The molecule has 0 fully saturated rings. The summed E-state index contributed by atoms with van der Waals surface area (Å²) in [6.07, 6.45) is 0.978. The highest BCUT2D eigenvalue weighted by Crippen LogP contribution is 2.26. The molecule has 42 heavy (non-hydrogen) atoms. The van der Waals surface area contributed by atoms with Gasteiger partial charge in [0.2, 0.25) is 5.91 Å². The van der Waals surface area contributed by atoms with Gasteiger partial charge in [-0.2, -0.15) is 0 Å². The number of hydrogen-bond donors (Lipinski definition) is 4. The Morgan fingerprint density at radius 1 is 0.833 bits per heavy atom. The van der Waals surface area contributed by atoms with Crippen LogP contribution >= 0.6 is 0 Å². The Morgan fingerprint density at radius 2 is 1.43 bits per heavy atom. The van der Waals surface area contributed by atoms with Gasteiger partial charge in [-0.15, -0.1) is 0 Å². The molecule has 230 valence electrons. The average Bonchev–Trinajstić information content (AvgIpc) is 2.91. The van der Waals surface area contributed by atoms with Crippen LogP contribution in [0.15, 0.2) is 54.6 Å². The fourth-order valence-corrected chi connectivity index (χ4v) is 4.48. The van der Waals surface area contributed by atoms with E-state index in [0.29, 0.717) is 31.5 Å². The van der Waals surface area contributed by atoms with Crippen molar-refractivity contribution in [1.29, 1.82) is 0 Å². The van der Waals surface area contributed by atoms with Gasteiger partial charge in [-0.05, 0) is 82.6 Å². The second-order valence-electron chi connectivity index (χ2n) is 11.8. The Hall–Kier alpha value is -3.92. The number of unbranched alkanes of at least 4 members (excludes halogenated alkanes) is 1. The molecule has 0 radical (unpaired) electrons. The standard InChI is InChI=1S/C32H45N3O7/c1-21(2)20-27(34-26(30(39)40)14-10-11-19-33-31(41)42-32(4,5)6)28(36)35(22(3)29(37)38)25-17-15-24(16-18-25)23-12-8-7-9-13-23/h7-9,12-13,15-18,21-22,26-27,34H,10-11,14,19-20H2,1-6H3,(H,33,41)(H,37,38)(H,39,40)/t22-,26-,27-/m0/s1. The Labute approximate surface area is 248 Å². The van der Waals surface area contributed by atoms with Crippen molar-refractivity contribution in [2.24, 2.45) is 5.92 Å². The monoisotopic (exact) mass is 583 g/mol. The number of carboxylic acid groups (broad SMARTS) is 2. The van der Waals surface area contributed by atoms with Crippen molar-refractivity contribution >= 4 is 29.6 Å². The highest BCUT2D eigenvalue weighted by molar-refractivity contribution is 6.02. The van der Waals surface area contributed by atoms with Crippen molar-refractivity contribution in [3.8, 4) is 11.1 Å². The smallest absolute Gasteiger partial charge is 0.407 e. The van der Waals surface area contributed by atoms with Gasteiger partial charge >= 0.3 is 18.0 Å². The van der Waals surface area contributed by atoms with E-state index in [-0.39, 0.29) is 12.3 Å². The van der Waals surface area contributed by atoms with E-state index in [2.05, 4.69) is 10.6 Å². The number of carbonyl (C=O) groups is 4. The normalized spacial score (nSPS) is 13.6. The summed E-state index contributed by atoms with van der Waals surface area (Å²) in [5.74, 6) is -2.77. The Balaban J connectivity index is 2.19. The third-order valence-electron chi connectivity index (χ3n) is 6.53. The first-order valence-corrected chi connectivity index (χ1v) is 14.4. The van der Waals surface area contributed by atoms with Gasteiger partial charge in [0.1, 0.15) is 17.7 Å². The topological polar surface area (TPSA) is 145 Å². The van der Waals surface area contributed by atoms with E-state index in [9.17, 15) is 29.4 Å². The number of benzene rings is 2. The minimum atomic E-state index is -1.18. The highest BCUT2D eigenvalue weighted by Gasteiger charge is 2.35. The summed E-state index contributed by atoms with van der Waals surface area (Å²) < 4.78 is 5.20. The number of alkyl carbamates (subject to hydrolysis) is 1. The van der Waals surface area contributed by atoms with Gasteiger partial charge in [0.25, 0.3) is 0 Å². The number of ether oxygens (including phenoxy) is 1. The van der Waals surface area contributed by atoms with Gasteiger partial charge in [0, 0.05) is 12.2 Å². The molecule has 0 aliphatic heterocycles. The molecule has 0 aliphatic rings. The quantitative estimate of drug-likeness (QED) is 0.206. The number of nitrogens with zero attached hydrogens (tertiary/aromatic N) is 1. The van der Waals surface area contributed by atoms with Crippen LogP contribution in [-0.2, 0) is 19.1 Å². The fraction of sp³-hybridized carbons (Fsp3) is 0.500. The average molecular weight is 584 g/mol. The Kier molecular flexibility index (Phi) is 13.0. The van der Waals surface area contributed by atoms with E-state index in [1.165, 1.54) is 11.8 Å². The molecule has 0 bridgehead atoms. The molecule has 0 unspecified atom stereocenters.